The topological polar surface area (TPSA) is 160 Å². The number of ketones is 1. The van der Waals surface area contributed by atoms with E-state index in [9.17, 15) is 29.1 Å². The van der Waals surface area contributed by atoms with E-state index in [2.05, 4.69) is 44.6 Å². The predicted molar refractivity (Wildman–Crippen MR) is 229 cm³/mol. The molecule has 0 amide bonds. The Labute approximate surface area is 352 Å². The molecule has 1 aromatic heterocycles. The number of fused-ring (bicyclic) bond motifs is 1. The number of aromatic amines is 1. The highest BCUT2D eigenvalue weighted by atomic mass is 79.9. The highest BCUT2D eigenvalue weighted by Crippen LogP contribution is 2.30. The molecule has 7 rings (SSSR count). The second kappa shape index (κ2) is 19.4. The Morgan fingerprint density at radius 3 is 1.85 bits per heavy atom. The van der Waals surface area contributed by atoms with Crippen LogP contribution in [0.5, 0.6) is 0 Å². The zero-order valence-electron chi connectivity index (χ0n) is 31.7. The number of benzene rings is 6. The number of ether oxygens (including phenoxy) is 2. The number of H-pyrrole nitrogens is 1. The molecule has 0 unspecified atom stereocenters. The molecule has 7 aromatic rings. The highest BCUT2D eigenvalue weighted by Gasteiger charge is 2.16. The number of esters is 2. The standard InChI is InChI=1S/C25H17BrO5.C24H15NO4/c1-30-25(29)21-9-5-8-19(23(21)26)13-10-17-11-14-20(15-12-17)24(28)31-16-22(27)18-6-3-2-4-7-18;26-23(27)18-8-5-15(6-9-18)4-7-17-2-1-3-20(24(28)29)22(17)19-11-10-16-12-13-25-21(16)14-19/h2-9,11-12,14-15H,16H2,1H3;1-3,5-6,8-14,25H,(H,26,27)(H,28,29). The molecule has 0 fully saturated rings. The fraction of sp³-hybridized carbons (Fsp3) is 0.0408. The van der Waals surface area contributed by atoms with Gasteiger partial charge in [-0.25, -0.2) is 19.2 Å². The van der Waals surface area contributed by atoms with Crippen LogP contribution >= 0.6 is 15.9 Å². The van der Waals surface area contributed by atoms with Gasteiger partial charge in [0.2, 0.25) is 0 Å². The Balaban J connectivity index is 0.000000202. The molecule has 11 heteroatoms. The SMILES string of the molecule is COC(=O)c1cccc(C#Cc2ccc(C(=O)OCC(=O)c3ccccc3)cc2)c1Br.O=C(O)c1ccc(C#Cc2cccc(C(=O)O)c2-c2ccc3cc[nH]c3c2)cc1. The van der Waals surface area contributed by atoms with E-state index < -0.39 is 23.9 Å². The van der Waals surface area contributed by atoms with Crippen LogP contribution in [0.4, 0.5) is 0 Å². The van der Waals surface area contributed by atoms with E-state index in [1.807, 2.05) is 36.5 Å². The molecular weight excluding hydrogens is 826 g/mol. The summed E-state index contributed by atoms with van der Waals surface area (Å²) < 4.78 is 10.4. The van der Waals surface area contributed by atoms with Gasteiger partial charge in [0.25, 0.3) is 0 Å². The third kappa shape index (κ3) is 10.3. The normalized spacial score (nSPS) is 10.1. The van der Waals surface area contributed by atoms with Crippen molar-refractivity contribution in [1.29, 1.82) is 0 Å². The van der Waals surface area contributed by atoms with E-state index in [1.54, 1.807) is 97.1 Å². The zero-order chi connectivity index (χ0) is 42.6. The summed E-state index contributed by atoms with van der Waals surface area (Å²) >= 11 is 3.38. The fourth-order valence-electron chi connectivity index (χ4n) is 5.83. The maximum absolute atomic E-state index is 12.2. The maximum Gasteiger partial charge on any atom is 0.339 e. The van der Waals surface area contributed by atoms with Crippen molar-refractivity contribution in [1.82, 2.24) is 4.98 Å². The Morgan fingerprint density at radius 2 is 1.22 bits per heavy atom. The molecule has 6 aromatic carbocycles. The number of halogens is 1. The second-order valence-corrected chi connectivity index (χ2v) is 13.6. The van der Waals surface area contributed by atoms with Crippen molar-refractivity contribution in [2.24, 2.45) is 0 Å². The van der Waals surface area contributed by atoms with Gasteiger partial charge in [0.05, 0.1) is 29.4 Å². The molecule has 60 heavy (non-hydrogen) atoms. The molecule has 10 nitrogen and oxygen atoms in total. The molecule has 0 spiro atoms. The summed E-state index contributed by atoms with van der Waals surface area (Å²) in [6.07, 6.45) is 1.83. The first kappa shape index (κ1) is 41.6. The summed E-state index contributed by atoms with van der Waals surface area (Å²) in [5, 5.41) is 19.7. The zero-order valence-corrected chi connectivity index (χ0v) is 33.3. The van der Waals surface area contributed by atoms with E-state index in [-0.39, 0.29) is 23.5 Å². The van der Waals surface area contributed by atoms with E-state index in [0.717, 1.165) is 16.5 Å². The molecule has 0 aliphatic carbocycles. The van der Waals surface area contributed by atoms with Gasteiger partial charge in [-0.1, -0.05) is 78.3 Å². The van der Waals surface area contributed by atoms with Crippen LogP contribution in [0.1, 0.15) is 74.0 Å². The summed E-state index contributed by atoms with van der Waals surface area (Å²) in [7, 11) is 1.32. The maximum atomic E-state index is 12.2. The van der Waals surface area contributed by atoms with E-state index in [1.165, 1.54) is 19.2 Å². The van der Waals surface area contributed by atoms with Gasteiger partial charge in [0.1, 0.15) is 0 Å². The molecule has 0 saturated heterocycles. The van der Waals surface area contributed by atoms with Crippen LogP contribution in [0.2, 0.25) is 0 Å². The molecule has 0 bridgehead atoms. The summed E-state index contributed by atoms with van der Waals surface area (Å²) in [6.45, 7) is -0.324. The third-order valence-electron chi connectivity index (χ3n) is 8.91. The molecule has 0 atom stereocenters. The number of rotatable bonds is 8. The Hall–Kier alpha value is -7.99. The molecule has 0 radical (unpaired) electrons. The number of carbonyl (C=O) groups is 5. The quantitative estimate of drug-likeness (QED) is 0.0769. The summed E-state index contributed by atoms with van der Waals surface area (Å²) in [4.78, 5) is 61.9. The molecule has 3 N–H and O–H groups in total. The van der Waals surface area contributed by atoms with Crippen molar-refractivity contribution >= 4 is 56.5 Å². The fourth-order valence-corrected chi connectivity index (χ4v) is 6.36. The number of carboxylic acids is 2. The summed E-state index contributed by atoms with van der Waals surface area (Å²) in [5.41, 5.74) is 6.28. The average Bonchev–Trinajstić information content (AvgIpc) is 3.76. The Morgan fingerprint density at radius 1 is 0.600 bits per heavy atom. The van der Waals surface area contributed by atoms with Gasteiger partial charge < -0.3 is 24.7 Å². The molecule has 294 valence electrons. The van der Waals surface area contributed by atoms with Crippen LogP contribution < -0.4 is 0 Å². The number of hydrogen-bond acceptors (Lipinski definition) is 7. The van der Waals surface area contributed by atoms with Crippen molar-refractivity contribution in [2.45, 2.75) is 0 Å². The van der Waals surface area contributed by atoms with Crippen LogP contribution in [-0.4, -0.2) is 58.6 Å². The van der Waals surface area contributed by atoms with Crippen molar-refractivity contribution in [3.8, 4) is 34.8 Å². The van der Waals surface area contributed by atoms with E-state index >= 15 is 0 Å². The average molecular weight is 859 g/mol. The lowest BCUT2D eigenvalue weighted by Gasteiger charge is -2.10. The van der Waals surface area contributed by atoms with E-state index in [0.29, 0.717) is 49.0 Å². The van der Waals surface area contributed by atoms with Crippen LogP contribution in [0.25, 0.3) is 22.0 Å². The Bertz CT molecular complexity index is 2880. The van der Waals surface area contributed by atoms with Gasteiger partial charge in [-0.2, -0.15) is 0 Å². The lowest BCUT2D eigenvalue weighted by molar-refractivity contribution is 0.0474. The lowest BCUT2D eigenvalue weighted by Crippen LogP contribution is -2.14. The van der Waals surface area contributed by atoms with Gasteiger partial charge >= 0.3 is 23.9 Å². The minimum absolute atomic E-state index is 0.170. The van der Waals surface area contributed by atoms with Gasteiger partial charge in [0.15, 0.2) is 12.4 Å². The molecular formula is C49H32BrNO9. The minimum Gasteiger partial charge on any atom is -0.478 e. The van der Waals surface area contributed by atoms with Crippen molar-refractivity contribution in [2.75, 3.05) is 13.7 Å². The number of hydrogen-bond donors (Lipinski definition) is 3. The summed E-state index contributed by atoms with van der Waals surface area (Å²) in [5.74, 6) is 8.68. The largest absolute Gasteiger partial charge is 0.478 e. The van der Waals surface area contributed by atoms with Gasteiger partial charge in [-0.3, -0.25) is 4.79 Å². The highest BCUT2D eigenvalue weighted by molar-refractivity contribution is 9.10. The van der Waals surface area contributed by atoms with Crippen LogP contribution in [-0.2, 0) is 9.47 Å². The number of Topliss-reactive ketones (excluding diaryl/α,β-unsaturated/α-hetero) is 1. The van der Waals surface area contributed by atoms with Crippen LogP contribution in [0.3, 0.4) is 0 Å². The monoisotopic (exact) mass is 857 g/mol. The third-order valence-corrected chi connectivity index (χ3v) is 9.76. The number of carbonyl (C=O) groups excluding carboxylic acids is 3. The van der Waals surface area contributed by atoms with Crippen molar-refractivity contribution in [3.63, 3.8) is 0 Å². The van der Waals surface area contributed by atoms with Gasteiger partial charge in [-0.05, 0) is 112 Å². The number of methoxy groups -OCH3 is 1. The van der Waals surface area contributed by atoms with Crippen LogP contribution in [0, 0.1) is 23.7 Å². The van der Waals surface area contributed by atoms with Gasteiger partial charge in [-0.15, -0.1) is 0 Å². The number of aromatic carboxylic acids is 2. The first-order chi connectivity index (χ1) is 29.0. The number of aromatic nitrogens is 1. The van der Waals surface area contributed by atoms with Crippen LogP contribution in [0.15, 0.2) is 150 Å². The molecule has 0 saturated carbocycles. The predicted octanol–water partition coefficient (Wildman–Crippen LogP) is 9.31. The number of carboxylic acid groups (broad SMARTS) is 2. The van der Waals surface area contributed by atoms with E-state index in [4.69, 9.17) is 14.6 Å². The second-order valence-electron chi connectivity index (χ2n) is 12.8. The van der Waals surface area contributed by atoms with Gasteiger partial charge in [0, 0.05) is 49.6 Å². The van der Waals surface area contributed by atoms with Crippen molar-refractivity contribution in [3.05, 3.63) is 200 Å². The first-order valence-electron chi connectivity index (χ1n) is 18.1. The Kier molecular flexibility index (Phi) is 13.5. The molecule has 0 aliphatic heterocycles. The number of nitrogens with one attached hydrogen (secondary N) is 1. The molecule has 0 aliphatic rings. The molecule has 1 heterocycles. The smallest absolute Gasteiger partial charge is 0.339 e. The first-order valence-corrected chi connectivity index (χ1v) is 18.8. The summed E-state index contributed by atoms with van der Waals surface area (Å²) in [6, 6.07) is 39.2. The lowest BCUT2D eigenvalue weighted by atomic mass is 9.93. The van der Waals surface area contributed by atoms with Crippen molar-refractivity contribution < 1.29 is 43.7 Å². The minimum atomic E-state index is -1.03.